The Hall–Kier alpha value is -0.920. The number of rotatable bonds is 4. The molecule has 0 aliphatic rings. The van der Waals surface area contributed by atoms with Crippen molar-refractivity contribution in [1.82, 2.24) is 0 Å². The van der Waals surface area contributed by atoms with Crippen LogP contribution in [0, 0.1) is 5.92 Å². The summed E-state index contributed by atoms with van der Waals surface area (Å²) in [7, 11) is 0. The lowest BCUT2D eigenvalue weighted by molar-refractivity contribution is 0.543. The van der Waals surface area contributed by atoms with E-state index < -0.39 is 6.67 Å². The van der Waals surface area contributed by atoms with E-state index in [-0.39, 0.29) is 11.7 Å². The molecule has 0 atom stereocenters. The molecule has 0 amide bonds. The zero-order chi connectivity index (χ0) is 11.1. The number of allylic oxidation sites excluding steroid dienone is 6. The molecule has 0 radical (unpaired) electrons. The van der Waals surface area contributed by atoms with Crippen LogP contribution in [0.15, 0.2) is 35.2 Å². The smallest absolute Gasteiger partial charge is 0.126 e. The molecule has 0 nitrogen and oxygen atoms in total. The lowest BCUT2D eigenvalue weighted by Gasteiger charge is -2.07. The van der Waals surface area contributed by atoms with Gasteiger partial charge in [0.1, 0.15) is 12.5 Å². The van der Waals surface area contributed by atoms with Gasteiger partial charge in [-0.1, -0.05) is 26.0 Å². The second-order valence-corrected chi connectivity index (χ2v) is 3.56. The van der Waals surface area contributed by atoms with Gasteiger partial charge in [-0.25, -0.2) is 8.78 Å². The molecule has 0 fully saturated rings. The van der Waals surface area contributed by atoms with Gasteiger partial charge in [0.25, 0.3) is 0 Å². The highest BCUT2D eigenvalue weighted by atomic mass is 19.1. The summed E-state index contributed by atoms with van der Waals surface area (Å²) in [6.07, 6.45) is 4.54. The van der Waals surface area contributed by atoms with Crippen molar-refractivity contribution in [2.75, 3.05) is 6.67 Å². The maximum absolute atomic E-state index is 13.4. The summed E-state index contributed by atoms with van der Waals surface area (Å²) in [6.45, 7) is 6.75. The second-order valence-electron chi connectivity index (χ2n) is 3.56. The van der Waals surface area contributed by atoms with Gasteiger partial charge < -0.3 is 0 Å². The SMILES string of the molecule is C/C=C(/C(F)=C\C=C(C)CF)C(C)C. The number of hydrogen-bond donors (Lipinski definition) is 0. The van der Waals surface area contributed by atoms with Gasteiger partial charge >= 0.3 is 0 Å². The lowest BCUT2D eigenvalue weighted by atomic mass is 10.0. The molecule has 0 spiro atoms. The summed E-state index contributed by atoms with van der Waals surface area (Å²) in [4.78, 5) is 0. The van der Waals surface area contributed by atoms with Crippen LogP contribution in [-0.2, 0) is 0 Å². The quantitative estimate of drug-likeness (QED) is 0.591. The molecule has 0 N–H and O–H groups in total. The van der Waals surface area contributed by atoms with Crippen molar-refractivity contribution >= 4 is 0 Å². The molecule has 0 aliphatic carbocycles. The first kappa shape index (κ1) is 13.1. The fraction of sp³-hybridized carbons (Fsp3) is 0.500. The third-order valence-electron chi connectivity index (χ3n) is 1.93. The minimum Gasteiger partial charge on any atom is -0.246 e. The van der Waals surface area contributed by atoms with E-state index in [0.29, 0.717) is 11.1 Å². The van der Waals surface area contributed by atoms with Crippen molar-refractivity contribution in [2.24, 2.45) is 5.92 Å². The number of halogens is 2. The van der Waals surface area contributed by atoms with Gasteiger partial charge in [0.15, 0.2) is 0 Å². The molecule has 0 aliphatic heterocycles. The average Bonchev–Trinajstić information content (AvgIpc) is 2.14. The van der Waals surface area contributed by atoms with E-state index >= 15 is 0 Å². The molecule has 0 saturated heterocycles. The minimum atomic E-state index is -0.531. The van der Waals surface area contributed by atoms with E-state index in [1.807, 2.05) is 13.8 Å². The van der Waals surface area contributed by atoms with E-state index in [0.717, 1.165) is 0 Å². The van der Waals surface area contributed by atoms with Gasteiger partial charge in [0.05, 0.1) is 0 Å². The standard InChI is InChI=1S/C12H18F2/c1-5-11(9(2)3)12(14)7-6-10(4)8-13/h5-7,9H,8H2,1-4H3/b10-6?,11-5+,12-7+. The van der Waals surface area contributed by atoms with Gasteiger partial charge in [-0.15, -0.1) is 0 Å². The van der Waals surface area contributed by atoms with Crippen LogP contribution in [0.25, 0.3) is 0 Å². The Morgan fingerprint density at radius 3 is 2.21 bits per heavy atom. The third kappa shape index (κ3) is 4.35. The highest BCUT2D eigenvalue weighted by molar-refractivity contribution is 5.30. The van der Waals surface area contributed by atoms with Gasteiger partial charge in [0, 0.05) is 0 Å². The fourth-order valence-corrected chi connectivity index (χ4v) is 1.10. The maximum Gasteiger partial charge on any atom is 0.126 e. The zero-order valence-electron chi connectivity index (χ0n) is 9.27. The van der Waals surface area contributed by atoms with Crippen LogP contribution in [0.2, 0.25) is 0 Å². The molecule has 14 heavy (non-hydrogen) atoms. The molecular weight excluding hydrogens is 182 g/mol. The maximum atomic E-state index is 13.4. The minimum absolute atomic E-state index is 0.148. The lowest BCUT2D eigenvalue weighted by Crippen LogP contribution is -1.94. The molecule has 0 bridgehead atoms. The van der Waals surface area contributed by atoms with Crippen molar-refractivity contribution in [3.63, 3.8) is 0 Å². The van der Waals surface area contributed by atoms with Gasteiger partial charge in [-0.2, -0.15) is 0 Å². The monoisotopic (exact) mass is 200 g/mol. The highest BCUT2D eigenvalue weighted by Gasteiger charge is 2.06. The summed E-state index contributed by atoms with van der Waals surface area (Å²) in [5.74, 6) is -0.134. The Morgan fingerprint density at radius 1 is 1.29 bits per heavy atom. The number of alkyl halides is 1. The third-order valence-corrected chi connectivity index (χ3v) is 1.93. The average molecular weight is 200 g/mol. The second kappa shape index (κ2) is 6.52. The van der Waals surface area contributed by atoms with Gasteiger partial charge in [-0.05, 0) is 37.0 Å². The Labute approximate surface area is 85.0 Å². The van der Waals surface area contributed by atoms with Crippen molar-refractivity contribution in [3.8, 4) is 0 Å². The largest absolute Gasteiger partial charge is 0.246 e. The molecule has 0 unspecified atom stereocenters. The van der Waals surface area contributed by atoms with Crippen molar-refractivity contribution in [3.05, 3.63) is 35.2 Å². The van der Waals surface area contributed by atoms with Crippen molar-refractivity contribution < 1.29 is 8.78 Å². The predicted molar refractivity (Wildman–Crippen MR) is 57.5 cm³/mol. The van der Waals surface area contributed by atoms with E-state index in [1.165, 1.54) is 12.2 Å². The van der Waals surface area contributed by atoms with Crippen LogP contribution in [0.4, 0.5) is 8.78 Å². The Morgan fingerprint density at radius 2 is 1.86 bits per heavy atom. The first-order valence-electron chi connectivity index (χ1n) is 4.78. The van der Waals surface area contributed by atoms with E-state index in [9.17, 15) is 8.78 Å². The molecule has 0 saturated carbocycles. The first-order chi connectivity index (χ1) is 6.52. The Bertz CT molecular complexity index is 257. The van der Waals surface area contributed by atoms with Crippen LogP contribution in [0.5, 0.6) is 0 Å². The van der Waals surface area contributed by atoms with Crippen LogP contribution < -0.4 is 0 Å². The Balaban J connectivity index is 4.68. The molecule has 2 heteroatoms. The normalized spacial score (nSPS) is 15.2. The van der Waals surface area contributed by atoms with E-state index in [2.05, 4.69) is 0 Å². The summed E-state index contributed by atoms with van der Waals surface area (Å²) in [6, 6.07) is 0. The van der Waals surface area contributed by atoms with Crippen LogP contribution in [-0.4, -0.2) is 6.67 Å². The topological polar surface area (TPSA) is 0 Å². The molecular formula is C12H18F2. The molecule has 0 aromatic carbocycles. The predicted octanol–water partition coefficient (Wildman–Crippen LogP) is 4.36. The zero-order valence-corrected chi connectivity index (χ0v) is 9.27. The van der Waals surface area contributed by atoms with Crippen LogP contribution >= 0.6 is 0 Å². The van der Waals surface area contributed by atoms with Crippen LogP contribution in [0.1, 0.15) is 27.7 Å². The summed E-state index contributed by atoms with van der Waals surface area (Å²) in [5.41, 5.74) is 1.19. The number of hydrogen-bond acceptors (Lipinski definition) is 0. The van der Waals surface area contributed by atoms with Crippen molar-refractivity contribution in [2.45, 2.75) is 27.7 Å². The Kier molecular flexibility index (Phi) is 6.09. The van der Waals surface area contributed by atoms with Gasteiger partial charge in [0.2, 0.25) is 0 Å². The summed E-state index contributed by atoms with van der Waals surface area (Å²) >= 11 is 0. The molecule has 80 valence electrons. The molecule has 0 aromatic heterocycles. The van der Waals surface area contributed by atoms with Crippen LogP contribution in [0.3, 0.4) is 0 Å². The van der Waals surface area contributed by atoms with E-state index in [1.54, 1.807) is 19.9 Å². The summed E-state index contributed by atoms with van der Waals surface area (Å²) in [5, 5.41) is 0. The highest BCUT2D eigenvalue weighted by Crippen LogP contribution is 2.20. The molecule has 0 heterocycles. The molecule has 0 rings (SSSR count). The van der Waals surface area contributed by atoms with E-state index in [4.69, 9.17) is 0 Å². The van der Waals surface area contributed by atoms with Gasteiger partial charge in [-0.3, -0.25) is 0 Å². The summed E-state index contributed by atoms with van der Waals surface area (Å²) < 4.78 is 25.5. The fourth-order valence-electron chi connectivity index (χ4n) is 1.10. The first-order valence-corrected chi connectivity index (χ1v) is 4.78. The van der Waals surface area contributed by atoms with Crippen molar-refractivity contribution in [1.29, 1.82) is 0 Å². The molecule has 0 aromatic rings.